The van der Waals surface area contributed by atoms with Gasteiger partial charge in [-0.15, -0.1) is 0 Å². The average Bonchev–Trinajstić information content (AvgIpc) is 3.33. The third-order valence-corrected chi connectivity index (χ3v) is 8.22. The lowest BCUT2D eigenvalue weighted by molar-refractivity contribution is 0.122. The van der Waals surface area contributed by atoms with Crippen LogP contribution in [0.15, 0.2) is 0 Å². The molecule has 0 N–H and O–H groups in total. The molecule has 0 spiro atoms. The van der Waals surface area contributed by atoms with Crippen molar-refractivity contribution >= 4 is 8.80 Å². The first-order chi connectivity index (χ1) is 10.7. The van der Waals surface area contributed by atoms with Gasteiger partial charge in [0.05, 0.1) is 12.2 Å². The number of fused-ring (bicyclic) bond motifs is 1. The van der Waals surface area contributed by atoms with Gasteiger partial charge in [0, 0.05) is 27.4 Å². The Bertz CT molecular complexity index is 301. The Morgan fingerprint density at radius 2 is 1.45 bits per heavy atom. The monoisotopic (exact) mass is 330 g/mol. The van der Waals surface area contributed by atoms with Crippen LogP contribution in [0, 0.1) is 5.92 Å². The van der Waals surface area contributed by atoms with Crippen LogP contribution in [0.4, 0.5) is 0 Å². The molecular formula is C17H34O4Si. The Labute approximate surface area is 137 Å². The van der Waals surface area contributed by atoms with E-state index in [0.717, 1.165) is 18.4 Å². The van der Waals surface area contributed by atoms with Crippen LogP contribution in [0.25, 0.3) is 0 Å². The highest BCUT2D eigenvalue weighted by molar-refractivity contribution is 6.60. The second-order valence-electron chi connectivity index (χ2n) is 6.85. The van der Waals surface area contributed by atoms with E-state index < -0.39 is 8.80 Å². The van der Waals surface area contributed by atoms with E-state index in [2.05, 4.69) is 0 Å². The van der Waals surface area contributed by atoms with Gasteiger partial charge in [0.1, 0.15) is 0 Å². The first-order valence-corrected chi connectivity index (χ1v) is 11.0. The zero-order chi connectivity index (χ0) is 15.8. The SMILES string of the molecule is CO[Si](CCCCCCCCC1CCC2OC2C1)(OC)OC. The molecule has 2 fully saturated rings. The molecule has 0 radical (unpaired) electrons. The Balaban J connectivity index is 1.41. The summed E-state index contributed by atoms with van der Waals surface area (Å²) in [6.07, 6.45) is 14.6. The molecule has 0 amide bonds. The van der Waals surface area contributed by atoms with Crippen molar-refractivity contribution in [1.82, 2.24) is 0 Å². The Morgan fingerprint density at radius 3 is 2.09 bits per heavy atom. The molecule has 1 aliphatic heterocycles. The molecule has 1 heterocycles. The summed E-state index contributed by atoms with van der Waals surface area (Å²) in [5.74, 6) is 0.945. The highest BCUT2D eigenvalue weighted by Gasteiger charge is 2.43. The van der Waals surface area contributed by atoms with Gasteiger partial charge in [0.15, 0.2) is 0 Å². The van der Waals surface area contributed by atoms with E-state index in [-0.39, 0.29) is 0 Å². The predicted octanol–water partition coefficient (Wildman–Crippen LogP) is 4.16. The largest absolute Gasteiger partial charge is 0.500 e. The molecule has 4 nitrogen and oxygen atoms in total. The van der Waals surface area contributed by atoms with Crippen molar-refractivity contribution in [1.29, 1.82) is 0 Å². The minimum absolute atomic E-state index is 0.644. The maximum Gasteiger partial charge on any atom is 0.500 e. The summed E-state index contributed by atoms with van der Waals surface area (Å²) in [6, 6.07) is 0.932. The molecule has 5 heteroatoms. The van der Waals surface area contributed by atoms with E-state index in [1.165, 1.54) is 57.8 Å². The van der Waals surface area contributed by atoms with Gasteiger partial charge in [-0.3, -0.25) is 0 Å². The van der Waals surface area contributed by atoms with Crippen molar-refractivity contribution in [3.8, 4) is 0 Å². The summed E-state index contributed by atoms with van der Waals surface area (Å²) in [4.78, 5) is 0. The molecule has 2 aliphatic rings. The van der Waals surface area contributed by atoms with Crippen molar-refractivity contribution < 1.29 is 18.0 Å². The van der Waals surface area contributed by atoms with Crippen LogP contribution in [0.5, 0.6) is 0 Å². The van der Waals surface area contributed by atoms with E-state index >= 15 is 0 Å². The molecule has 0 aromatic carbocycles. The molecule has 0 aromatic rings. The lowest BCUT2D eigenvalue weighted by Crippen LogP contribution is -2.42. The third-order valence-electron chi connectivity index (χ3n) is 5.39. The maximum atomic E-state index is 5.61. The zero-order valence-electron chi connectivity index (χ0n) is 14.6. The summed E-state index contributed by atoms with van der Waals surface area (Å²) in [7, 11) is 2.75. The molecule has 0 bridgehead atoms. The third kappa shape index (κ3) is 5.60. The van der Waals surface area contributed by atoms with Crippen molar-refractivity contribution in [3.05, 3.63) is 0 Å². The minimum Gasteiger partial charge on any atom is -0.377 e. The number of hydrogen-bond acceptors (Lipinski definition) is 4. The van der Waals surface area contributed by atoms with Gasteiger partial charge in [0.25, 0.3) is 0 Å². The van der Waals surface area contributed by atoms with Gasteiger partial charge in [-0.1, -0.05) is 38.5 Å². The molecule has 1 aliphatic carbocycles. The number of hydrogen-bond donors (Lipinski definition) is 0. The standard InChI is InChI=1S/C17H34O4Si/c1-18-22(19-2,20-3)13-9-7-5-4-6-8-10-15-11-12-16-17(14-15)21-16/h15-17H,4-14H2,1-3H3. The smallest absolute Gasteiger partial charge is 0.377 e. The average molecular weight is 331 g/mol. The topological polar surface area (TPSA) is 40.2 Å². The van der Waals surface area contributed by atoms with E-state index in [1.807, 2.05) is 0 Å². The quantitative estimate of drug-likeness (QED) is 0.306. The molecule has 2 rings (SSSR count). The summed E-state index contributed by atoms with van der Waals surface area (Å²) in [5, 5.41) is 0. The Kier molecular flexibility index (Phi) is 7.84. The normalized spacial score (nSPS) is 27.7. The van der Waals surface area contributed by atoms with Crippen LogP contribution < -0.4 is 0 Å². The van der Waals surface area contributed by atoms with Crippen LogP contribution in [-0.4, -0.2) is 42.3 Å². The fourth-order valence-corrected chi connectivity index (χ4v) is 5.58. The molecule has 3 unspecified atom stereocenters. The number of rotatable bonds is 12. The highest BCUT2D eigenvalue weighted by Crippen LogP contribution is 2.41. The highest BCUT2D eigenvalue weighted by atomic mass is 28.4. The molecule has 3 atom stereocenters. The van der Waals surface area contributed by atoms with Crippen molar-refractivity contribution in [3.63, 3.8) is 0 Å². The maximum absolute atomic E-state index is 5.61. The van der Waals surface area contributed by atoms with E-state index in [9.17, 15) is 0 Å². The lowest BCUT2D eigenvalue weighted by atomic mass is 9.85. The summed E-state index contributed by atoms with van der Waals surface area (Å²) in [5.41, 5.74) is 0. The lowest BCUT2D eigenvalue weighted by Gasteiger charge is -2.24. The first-order valence-electron chi connectivity index (χ1n) is 9.04. The van der Waals surface area contributed by atoms with Gasteiger partial charge >= 0.3 is 8.80 Å². The van der Waals surface area contributed by atoms with Crippen LogP contribution in [0.1, 0.15) is 64.2 Å². The van der Waals surface area contributed by atoms with Gasteiger partial charge in [-0.2, -0.15) is 0 Å². The summed E-state index contributed by atoms with van der Waals surface area (Å²) >= 11 is 0. The predicted molar refractivity (Wildman–Crippen MR) is 89.9 cm³/mol. The van der Waals surface area contributed by atoms with Crippen molar-refractivity contribution in [2.75, 3.05) is 21.3 Å². The van der Waals surface area contributed by atoms with Crippen LogP contribution in [0.2, 0.25) is 6.04 Å². The number of ether oxygens (including phenoxy) is 1. The summed E-state index contributed by atoms with van der Waals surface area (Å²) < 4.78 is 21.9. The molecule has 22 heavy (non-hydrogen) atoms. The fourth-order valence-electron chi connectivity index (χ4n) is 3.79. The van der Waals surface area contributed by atoms with Crippen molar-refractivity contribution in [2.24, 2.45) is 5.92 Å². The number of epoxide rings is 1. The molecule has 130 valence electrons. The minimum atomic E-state index is -2.33. The summed E-state index contributed by atoms with van der Waals surface area (Å²) in [6.45, 7) is 0. The molecule has 0 aromatic heterocycles. The zero-order valence-corrected chi connectivity index (χ0v) is 15.6. The second kappa shape index (κ2) is 9.38. The van der Waals surface area contributed by atoms with Gasteiger partial charge in [-0.25, -0.2) is 0 Å². The van der Waals surface area contributed by atoms with E-state index in [1.54, 1.807) is 21.3 Å². The van der Waals surface area contributed by atoms with Crippen LogP contribution in [-0.2, 0) is 18.0 Å². The number of unbranched alkanes of at least 4 members (excludes halogenated alkanes) is 5. The van der Waals surface area contributed by atoms with Gasteiger partial charge in [-0.05, 0) is 31.6 Å². The molecule has 1 saturated heterocycles. The molecule has 1 saturated carbocycles. The first kappa shape index (κ1) is 18.4. The van der Waals surface area contributed by atoms with Crippen LogP contribution >= 0.6 is 0 Å². The fraction of sp³-hybridized carbons (Fsp3) is 1.00. The second-order valence-corrected chi connectivity index (χ2v) is 9.94. The Hall–Kier alpha value is 0.0569. The van der Waals surface area contributed by atoms with Crippen LogP contribution in [0.3, 0.4) is 0 Å². The van der Waals surface area contributed by atoms with Crippen molar-refractivity contribution in [2.45, 2.75) is 82.5 Å². The van der Waals surface area contributed by atoms with E-state index in [4.69, 9.17) is 18.0 Å². The molecular weight excluding hydrogens is 296 g/mol. The van der Waals surface area contributed by atoms with Gasteiger partial charge in [0.2, 0.25) is 0 Å². The van der Waals surface area contributed by atoms with E-state index in [0.29, 0.717) is 12.2 Å². The van der Waals surface area contributed by atoms with Gasteiger partial charge < -0.3 is 18.0 Å². The Morgan fingerprint density at radius 1 is 0.818 bits per heavy atom.